The van der Waals surface area contributed by atoms with E-state index in [4.69, 9.17) is 14.2 Å². The van der Waals surface area contributed by atoms with Gasteiger partial charge in [0.15, 0.2) is 6.79 Å². The molecule has 0 saturated carbocycles. The summed E-state index contributed by atoms with van der Waals surface area (Å²) >= 11 is 0. The Labute approximate surface area is 82.9 Å². The molecule has 1 aliphatic rings. The highest BCUT2D eigenvalue weighted by Gasteiger charge is 2.09. The Morgan fingerprint density at radius 2 is 2.36 bits per heavy atom. The molecule has 0 amide bonds. The summed E-state index contributed by atoms with van der Waals surface area (Å²) in [6, 6.07) is 5.97. The highest BCUT2D eigenvalue weighted by atomic mass is 16.7. The Morgan fingerprint density at radius 1 is 1.43 bits per heavy atom. The van der Waals surface area contributed by atoms with Crippen molar-refractivity contribution in [3.8, 4) is 5.75 Å². The van der Waals surface area contributed by atoms with Crippen molar-refractivity contribution in [2.75, 3.05) is 13.9 Å². The van der Waals surface area contributed by atoms with Crippen LogP contribution in [0, 0.1) is 0 Å². The maximum absolute atomic E-state index is 5.31. The van der Waals surface area contributed by atoms with E-state index in [1.165, 1.54) is 0 Å². The molecule has 3 heteroatoms. The summed E-state index contributed by atoms with van der Waals surface area (Å²) in [5, 5.41) is 0. The molecule has 0 spiro atoms. The third kappa shape index (κ3) is 1.88. The molecule has 1 aromatic carbocycles. The number of hydrogen-bond donors (Lipinski definition) is 0. The molecule has 1 aliphatic heterocycles. The van der Waals surface area contributed by atoms with Crippen LogP contribution in [0.2, 0.25) is 0 Å². The van der Waals surface area contributed by atoms with E-state index in [0.29, 0.717) is 13.4 Å². The van der Waals surface area contributed by atoms with E-state index in [-0.39, 0.29) is 0 Å². The number of benzene rings is 1. The molecular formula is C11H12O3. The van der Waals surface area contributed by atoms with E-state index in [1.807, 2.05) is 24.3 Å². The third-order valence-corrected chi connectivity index (χ3v) is 2.04. The van der Waals surface area contributed by atoms with Crippen molar-refractivity contribution < 1.29 is 14.2 Å². The minimum Gasteiger partial charge on any atom is -0.504 e. The van der Waals surface area contributed by atoms with Gasteiger partial charge in [-0.1, -0.05) is 6.07 Å². The van der Waals surface area contributed by atoms with Crippen molar-refractivity contribution >= 4 is 6.08 Å². The van der Waals surface area contributed by atoms with Crippen molar-refractivity contribution in [2.45, 2.75) is 6.61 Å². The van der Waals surface area contributed by atoms with E-state index < -0.39 is 0 Å². The van der Waals surface area contributed by atoms with Crippen LogP contribution in [0.3, 0.4) is 0 Å². The van der Waals surface area contributed by atoms with Gasteiger partial charge >= 0.3 is 0 Å². The number of ether oxygens (including phenoxy) is 3. The van der Waals surface area contributed by atoms with Crippen LogP contribution in [-0.2, 0) is 16.1 Å². The highest BCUT2D eigenvalue weighted by molar-refractivity contribution is 5.52. The van der Waals surface area contributed by atoms with Gasteiger partial charge in [0.1, 0.15) is 5.75 Å². The van der Waals surface area contributed by atoms with Crippen LogP contribution in [0.15, 0.2) is 24.5 Å². The number of rotatable bonds is 2. The van der Waals surface area contributed by atoms with Gasteiger partial charge in [-0.15, -0.1) is 0 Å². The molecule has 0 aromatic heterocycles. The van der Waals surface area contributed by atoms with E-state index >= 15 is 0 Å². The van der Waals surface area contributed by atoms with Crippen LogP contribution in [0.4, 0.5) is 0 Å². The Hall–Kier alpha value is -1.48. The van der Waals surface area contributed by atoms with Crippen LogP contribution < -0.4 is 4.74 Å². The summed E-state index contributed by atoms with van der Waals surface area (Å²) in [6.45, 7) is 0.963. The van der Waals surface area contributed by atoms with Crippen LogP contribution in [0.1, 0.15) is 11.1 Å². The normalized spacial score (nSPS) is 14.9. The van der Waals surface area contributed by atoms with Gasteiger partial charge in [-0.25, -0.2) is 0 Å². The third-order valence-electron chi connectivity index (χ3n) is 2.04. The van der Waals surface area contributed by atoms with E-state index in [2.05, 4.69) is 0 Å². The second-order valence-electron chi connectivity index (χ2n) is 3.02. The molecule has 0 unspecified atom stereocenters. The monoisotopic (exact) mass is 192 g/mol. The zero-order valence-electron chi connectivity index (χ0n) is 8.03. The average molecular weight is 192 g/mol. The first-order chi connectivity index (χ1) is 6.90. The first-order valence-electron chi connectivity index (χ1n) is 4.43. The van der Waals surface area contributed by atoms with Crippen molar-refractivity contribution in [1.29, 1.82) is 0 Å². The number of hydrogen-bond acceptors (Lipinski definition) is 3. The van der Waals surface area contributed by atoms with Gasteiger partial charge in [0.05, 0.1) is 20.0 Å². The molecule has 0 atom stereocenters. The fourth-order valence-electron chi connectivity index (χ4n) is 1.36. The van der Waals surface area contributed by atoms with Gasteiger partial charge in [-0.05, 0) is 23.8 Å². The second kappa shape index (κ2) is 4.15. The minimum atomic E-state index is 0.347. The molecule has 3 nitrogen and oxygen atoms in total. The molecule has 0 aliphatic carbocycles. The average Bonchev–Trinajstić information content (AvgIpc) is 2.26. The predicted molar refractivity (Wildman–Crippen MR) is 52.8 cm³/mol. The van der Waals surface area contributed by atoms with Crippen molar-refractivity contribution in [3.63, 3.8) is 0 Å². The zero-order chi connectivity index (χ0) is 9.80. The predicted octanol–water partition coefficient (Wildman–Crippen LogP) is 2.17. The molecule has 0 saturated heterocycles. The van der Waals surface area contributed by atoms with Gasteiger partial charge in [0.2, 0.25) is 0 Å². The molecule has 1 heterocycles. The van der Waals surface area contributed by atoms with Gasteiger partial charge in [0, 0.05) is 5.56 Å². The van der Waals surface area contributed by atoms with E-state index in [1.54, 1.807) is 13.4 Å². The topological polar surface area (TPSA) is 27.7 Å². The number of fused-ring (bicyclic) bond motifs is 1. The smallest absolute Gasteiger partial charge is 0.189 e. The second-order valence-corrected chi connectivity index (χ2v) is 3.02. The fraction of sp³-hybridized carbons (Fsp3) is 0.273. The van der Waals surface area contributed by atoms with Crippen LogP contribution in [0.25, 0.3) is 6.08 Å². The number of methoxy groups -OCH3 is 1. The van der Waals surface area contributed by atoms with Crippen LogP contribution >= 0.6 is 0 Å². The highest BCUT2D eigenvalue weighted by Crippen LogP contribution is 2.24. The Morgan fingerprint density at radius 3 is 3.21 bits per heavy atom. The largest absolute Gasteiger partial charge is 0.504 e. The summed E-state index contributed by atoms with van der Waals surface area (Å²) < 4.78 is 15.3. The van der Waals surface area contributed by atoms with Gasteiger partial charge in [-0.2, -0.15) is 0 Å². The maximum atomic E-state index is 5.31. The first-order valence-corrected chi connectivity index (χ1v) is 4.43. The lowest BCUT2D eigenvalue weighted by Crippen LogP contribution is -2.10. The lowest BCUT2D eigenvalue weighted by molar-refractivity contribution is -0.0163. The SMILES string of the molecule is CO/C=C\c1ccc2c(c1)COCO2. The van der Waals surface area contributed by atoms with Crippen LogP contribution in [-0.4, -0.2) is 13.9 Å². The quantitative estimate of drug-likeness (QED) is 0.672. The lowest BCUT2D eigenvalue weighted by atomic mass is 10.1. The molecular weight excluding hydrogens is 180 g/mol. The van der Waals surface area contributed by atoms with Crippen LogP contribution in [0.5, 0.6) is 5.75 Å². The van der Waals surface area contributed by atoms with Crippen molar-refractivity contribution in [1.82, 2.24) is 0 Å². The van der Waals surface area contributed by atoms with Gasteiger partial charge in [0.25, 0.3) is 0 Å². The Kier molecular flexibility index (Phi) is 2.70. The molecule has 0 N–H and O–H groups in total. The molecule has 14 heavy (non-hydrogen) atoms. The van der Waals surface area contributed by atoms with E-state index in [9.17, 15) is 0 Å². The van der Waals surface area contributed by atoms with Gasteiger partial charge < -0.3 is 14.2 Å². The Balaban J connectivity index is 2.24. The molecule has 74 valence electrons. The molecule has 1 aromatic rings. The van der Waals surface area contributed by atoms with Crippen molar-refractivity contribution in [2.24, 2.45) is 0 Å². The van der Waals surface area contributed by atoms with Crippen molar-refractivity contribution in [3.05, 3.63) is 35.6 Å². The first kappa shape index (κ1) is 9.09. The van der Waals surface area contributed by atoms with Gasteiger partial charge in [-0.3, -0.25) is 0 Å². The molecule has 0 radical (unpaired) electrons. The Bertz CT molecular complexity index is 344. The summed E-state index contributed by atoms with van der Waals surface area (Å²) in [6.07, 6.45) is 3.54. The summed E-state index contributed by atoms with van der Waals surface area (Å²) in [5.41, 5.74) is 2.16. The summed E-state index contributed by atoms with van der Waals surface area (Å²) in [7, 11) is 1.63. The molecule has 0 fully saturated rings. The zero-order valence-corrected chi connectivity index (χ0v) is 8.03. The molecule has 0 bridgehead atoms. The van der Waals surface area contributed by atoms with E-state index in [0.717, 1.165) is 16.9 Å². The molecule has 2 rings (SSSR count). The summed E-state index contributed by atoms with van der Waals surface area (Å²) in [5.74, 6) is 0.908. The summed E-state index contributed by atoms with van der Waals surface area (Å²) in [4.78, 5) is 0. The minimum absolute atomic E-state index is 0.347. The lowest BCUT2D eigenvalue weighted by Gasteiger charge is -2.17. The maximum Gasteiger partial charge on any atom is 0.189 e. The fourth-order valence-corrected chi connectivity index (χ4v) is 1.36. The standard InChI is InChI=1S/C11H12O3/c1-12-5-4-9-2-3-11-10(6-9)7-13-8-14-11/h2-6H,7-8H2,1H3/b5-4-.